The quantitative estimate of drug-likeness (QED) is 0.666. The van der Waals surface area contributed by atoms with Gasteiger partial charge >= 0.3 is 0 Å². The number of ether oxygens (including phenoxy) is 2. The fourth-order valence-electron chi connectivity index (χ4n) is 2.68. The first-order valence-electron chi connectivity index (χ1n) is 6.14. The first-order chi connectivity index (χ1) is 7.22. The lowest BCUT2D eigenvalue weighted by molar-refractivity contribution is 0.0391. The summed E-state index contributed by atoms with van der Waals surface area (Å²) in [6.07, 6.45) is 5.39. The molecule has 1 saturated heterocycles. The Labute approximate surface area is 92.6 Å². The summed E-state index contributed by atoms with van der Waals surface area (Å²) in [4.78, 5) is 0. The largest absolute Gasteiger partial charge is 0.349 e. The molecule has 0 aromatic heterocycles. The smallest absolute Gasteiger partial charge is 0.147 e. The van der Waals surface area contributed by atoms with E-state index in [4.69, 9.17) is 9.47 Å². The van der Waals surface area contributed by atoms with Gasteiger partial charge in [-0.2, -0.15) is 0 Å². The highest BCUT2D eigenvalue weighted by atomic mass is 16.7. The van der Waals surface area contributed by atoms with Crippen LogP contribution in [0, 0.1) is 11.8 Å². The summed E-state index contributed by atoms with van der Waals surface area (Å²) >= 11 is 0. The Bertz CT molecular complexity index is 237. The lowest BCUT2D eigenvalue weighted by Gasteiger charge is -2.32. The molecule has 4 atom stereocenters. The second kappa shape index (κ2) is 4.67. The van der Waals surface area contributed by atoms with Gasteiger partial charge in [0.05, 0.1) is 12.2 Å². The van der Waals surface area contributed by atoms with Crippen molar-refractivity contribution in [3.63, 3.8) is 0 Å². The highest BCUT2D eigenvalue weighted by Gasteiger charge is 2.37. The van der Waals surface area contributed by atoms with Gasteiger partial charge in [0.1, 0.15) is 6.79 Å². The van der Waals surface area contributed by atoms with Crippen LogP contribution in [0.25, 0.3) is 0 Å². The Hall–Kier alpha value is -0.340. The molecule has 0 aromatic carbocycles. The summed E-state index contributed by atoms with van der Waals surface area (Å²) in [5.41, 5.74) is 1.42. The van der Waals surface area contributed by atoms with E-state index in [1.165, 1.54) is 18.4 Å². The van der Waals surface area contributed by atoms with E-state index in [-0.39, 0.29) is 0 Å². The van der Waals surface area contributed by atoms with Crippen LogP contribution in [0.1, 0.15) is 39.5 Å². The van der Waals surface area contributed by atoms with Gasteiger partial charge in [0.2, 0.25) is 0 Å². The molecule has 15 heavy (non-hydrogen) atoms. The highest BCUT2D eigenvalue weighted by Crippen LogP contribution is 2.37. The Morgan fingerprint density at radius 2 is 2.07 bits per heavy atom. The molecule has 1 saturated carbocycles. The predicted octanol–water partition coefficient (Wildman–Crippen LogP) is 3.13. The third-order valence-electron chi connectivity index (χ3n) is 4.07. The van der Waals surface area contributed by atoms with Crippen LogP contribution in [0.15, 0.2) is 12.2 Å². The molecule has 2 nitrogen and oxygen atoms in total. The lowest BCUT2D eigenvalue weighted by atomic mass is 9.77. The van der Waals surface area contributed by atoms with Gasteiger partial charge in [-0.15, -0.1) is 0 Å². The van der Waals surface area contributed by atoms with Crippen LogP contribution in [-0.2, 0) is 9.47 Å². The van der Waals surface area contributed by atoms with Gasteiger partial charge in [-0.25, -0.2) is 0 Å². The monoisotopic (exact) mass is 210 g/mol. The Kier molecular flexibility index (Phi) is 3.47. The molecule has 2 fully saturated rings. The van der Waals surface area contributed by atoms with Gasteiger partial charge in [-0.3, -0.25) is 0 Å². The van der Waals surface area contributed by atoms with Crippen molar-refractivity contribution in [1.82, 2.24) is 0 Å². The fourth-order valence-corrected chi connectivity index (χ4v) is 2.68. The molecule has 0 aromatic rings. The van der Waals surface area contributed by atoms with Crippen LogP contribution < -0.4 is 0 Å². The topological polar surface area (TPSA) is 18.5 Å². The molecule has 0 amide bonds. The van der Waals surface area contributed by atoms with Crippen molar-refractivity contribution in [2.75, 3.05) is 6.79 Å². The first-order valence-corrected chi connectivity index (χ1v) is 6.14. The zero-order valence-electron chi connectivity index (χ0n) is 9.87. The average Bonchev–Trinajstić information content (AvgIpc) is 2.73. The normalized spacial score (nSPS) is 37.3. The molecule has 1 aliphatic heterocycles. The molecule has 86 valence electrons. The second-order valence-electron chi connectivity index (χ2n) is 4.92. The van der Waals surface area contributed by atoms with Gasteiger partial charge in [0.15, 0.2) is 0 Å². The van der Waals surface area contributed by atoms with Crippen molar-refractivity contribution >= 4 is 0 Å². The number of hydrogen-bond acceptors (Lipinski definition) is 2. The third-order valence-corrected chi connectivity index (χ3v) is 4.07. The van der Waals surface area contributed by atoms with E-state index in [0.29, 0.717) is 30.8 Å². The minimum absolute atomic E-state index is 0.338. The molecule has 0 bridgehead atoms. The molecule has 1 aliphatic carbocycles. The number of rotatable bonds is 3. The first kappa shape index (κ1) is 11.2. The average molecular weight is 210 g/mol. The van der Waals surface area contributed by atoms with Gasteiger partial charge in [0.25, 0.3) is 0 Å². The van der Waals surface area contributed by atoms with Crippen molar-refractivity contribution in [2.45, 2.75) is 51.7 Å². The van der Waals surface area contributed by atoms with Crippen LogP contribution >= 0.6 is 0 Å². The third kappa shape index (κ3) is 2.26. The van der Waals surface area contributed by atoms with Gasteiger partial charge in [-0.05, 0) is 37.5 Å². The van der Waals surface area contributed by atoms with Crippen LogP contribution in [-0.4, -0.2) is 19.0 Å². The molecule has 0 spiro atoms. The summed E-state index contributed by atoms with van der Waals surface area (Å²) < 4.78 is 11.1. The summed E-state index contributed by atoms with van der Waals surface area (Å²) in [5.74, 6) is 1.30. The zero-order chi connectivity index (χ0) is 10.8. The maximum atomic E-state index is 5.59. The second-order valence-corrected chi connectivity index (χ2v) is 4.92. The summed E-state index contributed by atoms with van der Waals surface area (Å²) in [6, 6.07) is 0. The summed E-state index contributed by atoms with van der Waals surface area (Å²) in [5, 5.41) is 0. The summed E-state index contributed by atoms with van der Waals surface area (Å²) in [7, 11) is 0. The molecule has 0 radical (unpaired) electrons. The molecule has 2 rings (SSSR count). The van der Waals surface area contributed by atoms with Crippen molar-refractivity contribution in [3.8, 4) is 0 Å². The van der Waals surface area contributed by atoms with Crippen LogP contribution in [0.4, 0.5) is 0 Å². The van der Waals surface area contributed by atoms with E-state index in [1.807, 2.05) is 0 Å². The molecular formula is C13H22O2. The maximum absolute atomic E-state index is 5.59. The number of fused-ring (bicyclic) bond motifs is 1. The van der Waals surface area contributed by atoms with Crippen molar-refractivity contribution in [3.05, 3.63) is 12.2 Å². The number of allylic oxidation sites excluding steroid dienone is 1. The van der Waals surface area contributed by atoms with Crippen LogP contribution in [0.3, 0.4) is 0 Å². The van der Waals surface area contributed by atoms with Crippen molar-refractivity contribution in [1.29, 1.82) is 0 Å². The molecule has 1 heterocycles. The molecular weight excluding hydrogens is 188 g/mol. The van der Waals surface area contributed by atoms with Gasteiger partial charge in [0, 0.05) is 0 Å². The molecule has 4 unspecified atom stereocenters. The molecule has 2 aliphatic rings. The molecule has 2 heteroatoms. The van der Waals surface area contributed by atoms with E-state index in [1.54, 1.807) is 0 Å². The SMILES string of the molecule is C=C(C(C)CC)C1CCC2OCOC2C1. The lowest BCUT2D eigenvalue weighted by Crippen LogP contribution is -2.32. The van der Waals surface area contributed by atoms with E-state index >= 15 is 0 Å². The standard InChI is InChI=1S/C13H22O2/c1-4-9(2)10(3)11-5-6-12-13(7-11)15-8-14-12/h9,11-13H,3-8H2,1-2H3. The fraction of sp³-hybridized carbons (Fsp3) is 0.846. The Balaban J connectivity index is 1.92. The minimum Gasteiger partial charge on any atom is -0.349 e. The summed E-state index contributed by atoms with van der Waals surface area (Å²) in [6.45, 7) is 9.28. The van der Waals surface area contributed by atoms with Gasteiger partial charge < -0.3 is 9.47 Å². The van der Waals surface area contributed by atoms with E-state index in [0.717, 1.165) is 12.8 Å². The van der Waals surface area contributed by atoms with Crippen molar-refractivity contribution < 1.29 is 9.47 Å². The Morgan fingerprint density at radius 3 is 2.80 bits per heavy atom. The zero-order valence-corrected chi connectivity index (χ0v) is 9.87. The minimum atomic E-state index is 0.338. The predicted molar refractivity (Wildman–Crippen MR) is 60.5 cm³/mol. The van der Waals surface area contributed by atoms with E-state index in [2.05, 4.69) is 20.4 Å². The van der Waals surface area contributed by atoms with Crippen LogP contribution in [0.5, 0.6) is 0 Å². The maximum Gasteiger partial charge on any atom is 0.147 e. The van der Waals surface area contributed by atoms with E-state index in [9.17, 15) is 0 Å². The van der Waals surface area contributed by atoms with Crippen LogP contribution in [0.2, 0.25) is 0 Å². The van der Waals surface area contributed by atoms with Crippen molar-refractivity contribution in [2.24, 2.45) is 11.8 Å². The highest BCUT2D eigenvalue weighted by molar-refractivity contribution is 5.07. The number of hydrogen-bond donors (Lipinski definition) is 0. The van der Waals surface area contributed by atoms with E-state index < -0.39 is 0 Å². The Morgan fingerprint density at radius 1 is 1.33 bits per heavy atom. The molecule has 0 N–H and O–H groups in total. The van der Waals surface area contributed by atoms with Gasteiger partial charge in [-0.1, -0.05) is 26.0 Å².